The van der Waals surface area contributed by atoms with Crippen molar-refractivity contribution in [3.8, 4) is 56.7 Å². The van der Waals surface area contributed by atoms with E-state index in [4.69, 9.17) is 19.9 Å². The zero-order valence-corrected chi connectivity index (χ0v) is 40.8. The van der Waals surface area contributed by atoms with Gasteiger partial charge in [0.05, 0.1) is 66.6 Å². The summed E-state index contributed by atoms with van der Waals surface area (Å²) in [7, 11) is 0. The van der Waals surface area contributed by atoms with Crippen molar-refractivity contribution in [1.29, 1.82) is 0 Å². The molecule has 0 aliphatic rings. The van der Waals surface area contributed by atoms with E-state index in [0.29, 0.717) is 5.82 Å². The Kier molecular flexibility index (Phi) is 9.17. The molecule has 0 aliphatic heterocycles. The van der Waals surface area contributed by atoms with Gasteiger partial charge in [-0.05, 0) is 109 Å². The number of pyridine rings is 2. The summed E-state index contributed by atoms with van der Waals surface area (Å²) in [5.41, 5.74) is 19.6. The van der Waals surface area contributed by atoms with Gasteiger partial charge in [-0.1, -0.05) is 133 Å². The van der Waals surface area contributed by atoms with Gasteiger partial charge in [0.25, 0.3) is 0 Å². The molecule has 0 saturated heterocycles. The minimum atomic E-state index is 0.665. The molecule has 16 rings (SSSR count). The predicted octanol–water partition coefficient (Wildman–Crippen LogP) is 16.7. The molecule has 8 nitrogen and oxygen atoms in total. The molecular formula is C68H42N8. The van der Waals surface area contributed by atoms with E-state index in [1.165, 1.54) is 0 Å². The van der Waals surface area contributed by atoms with Crippen molar-refractivity contribution in [3.05, 3.63) is 255 Å². The Morgan fingerprint density at radius 1 is 0.237 bits per heavy atom. The molecule has 7 aromatic heterocycles. The van der Waals surface area contributed by atoms with Gasteiger partial charge in [0.1, 0.15) is 0 Å². The van der Waals surface area contributed by atoms with E-state index in [1.54, 1.807) is 0 Å². The van der Waals surface area contributed by atoms with Crippen LogP contribution in [0, 0.1) is 0 Å². The first-order valence-electron chi connectivity index (χ1n) is 25.6. The molecule has 0 amide bonds. The molecule has 0 N–H and O–H groups in total. The number of aromatic nitrogens is 8. The molecule has 7 heterocycles. The van der Waals surface area contributed by atoms with Crippen LogP contribution in [0.5, 0.6) is 0 Å². The fraction of sp³-hybridized carbons (Fsp3) is 0. The lowest BCUT2D eigenvalue weighted by Crippen LogP contribution is -2.02. The van der Waals surface area contributed by atoms with Crippen LogP contribution >= 0.6 is 0 Å². The second kappa shape index (κ2) is 16.5. The van der Waals surface area contributed by atoms with Crippen LogP contribution in [-0.2, 0) is 0 Å². The fourth-order valence-electron chi connectivity index (χ4n) is 11.9. The van der Waals surface area contributed by atoms with E-state index in [9.17, 15) is 0 Å². The van der Waals surface area contributed by atoms with Gasteiger partial charge in [-0.3, -0.25) is 9.97 Å². The number of hydrogen-bond donors (Lipinski definition) is 0. The van der Waals surface area contributed by atoms with E-state index in [0.717, 1.165) is 138 Å². The second-order valence-electron chi connectivity index (χ2n) is 19.5. The minimum absolute atomic E-state index is 0.665. The zero-order chi connectivity index (χ0) is 49.8. The highest BCUT2D eigenvalue weighted by molar-refractivity contribution is 6.13. The van der Waals surface area contributed by atoms with E-state index >= 15 is 0 Å². The van der Waals surface area contributed by atoms with Crippen LogP contribution in [0.3, 0.4) is 0 Å². The number of hydrogen-bond acceptors (Lipinski definition) is 4. The zero-order valence-electron chi connectivity index (χ0n) is 40.8. The third-order valence-corrected chi connectivity index (χ3v) is 15.2. The van der Waals surface area contributed by atoms with E-state index < -0.39 is 0 Å². The van der Waals surface area contributed by atoms with E-state index in [-0.39, 0.29) is 0 Å². The van der Waals surface area contributed by atoms with Crippen molar-refractivity contribution < 1.29 is 0 Å². The van der Waals surface area contributed by atoms with Crippen LogP contribution in [0.4, 0.5) is 0 Å². The molecule has 16 aromatic rings. The molecular weight excluding hydrogens is 929 g/mol. The maximum absolute atomic E-state index is 5.43. The number of rotatable bonds is 7. The molecule has 76 heavy (non-hydrogen) atoms. The number of benzene rings is 9. The summed E-state index contributed by atoms with van der Waals surface area (Å²) < 4.78 is 9.54. The average Bonchev–Trinajstić information content (AvgIpc) is 4.35. The minimum Gasteiger partial charge on any atom is -0.309 e. The summed E-state index contributed by atoms with van der Waals surface area (Å²) in [5.74, 6) is 0.665. The van der Waals surface area contributed by atoms with Crippen molar-refractivity contribution in [2.75, 3.05) is 0 Å². The number of para-hydroxylation sites is 4. The van der Waals surface area contributed by atoms with Gasteiger partial charge in [-0.2, -0.15) is 0 Å². The Morgan fingerprint density at radius 2 is 0.618 bits per heavy atom. The molecule has 8 heteroatoms. The highest BCUT2D eigenvalue weighted by Crippen LogP contribution is 2.41. The maximum Gasteiger partial charge on any atom is 0.160 e. The van der Waals surface area contributed by atoms with Crippen LogP contribution in [0.25, 0.3) is 144 Å². The van der Waals surface area contributed by atoms with Crippen LogP contribution in [0.2, 0.25) is 0 Å². The highest BCUT2D eigenvalue weighted by Gasteiger charge is 2.22. The van der Waals surface area contributed by atoms with Crippen molar-refractivity contribution in [2.45, 2.75) is 0 Å². The standard InChI is InChI=1S/C68H42N8/c1-3-17-43(18-4-1)56-42-57(72-68(71-56)44-19-5-2-6-20-44)45-37-48(75-58-25-11-7-21-50(58)54-40-46(31-33-62(54)75)73-60-27-13-9-23-52(60)66-64(73)29-15-35-69-66)39-49(38-45)76-59-26-12-8-22-51(59)55-41-47(32-34-63(55)76)74-61-28-14-10-24-53(61)67-65(74)30-16-36-70-67/h1-42H. The van der Waals surface area contributed by atoms with Gasteiger partial charge in [0.2, 0.25) is 0 Å². The third kappa shape index (κ3) is 6.37. The van der Waals surface area contributed by atoms with Crippen molar-refractivity contribution >= 4 is 87.5 Å². The predicted molar refractivity (Wildman–Crippen MR) is 311 cm³/mol. The molecule has 0 atom stereocenters. The third-order valence-electron chi connectivity index (χ3n) is 15.2. The molecule has 0 spiro atoms. The normalized spacial score (nSPS) is 11.9. The molecule has 0 unspecified atom stereocenters. The quantitative estimate of drug-likeness (QED) is 0.160. The largest absolute Gasteiger partial charge is 0.309 e. The lowest BCUT2D eigenvalue weighted by Gasteiger charge is -2.17. The van der Waals surface area contributed by atoms with Gasteiger partial charge in [0.15, 0.2) is 5.82 Å². The SMILES string of the molecule is c1ccc(-c2cc(-c3cc(-n4c5ccccc5c5cc(-n6c7ccccc7c7ncccc76)ccc54)cc(-n4c5ccccc5c5cc(-n6c7ccccc7c7ncccc76)ccc54)c3)nc(-c3ccccc3)n2)cc1. The summed E-state index contributed by atoms with van der Waals surface area (Å²) in [6.45, 7) is 0. The Labute approximate surface area is 435 Å². The number of fused-ring (bicyclic) bond motifs is 12. The second-order valence-corrected chi connectivity index (χ2v) is 19.5. The summed E-state index contributed by atoms with van der Waals surface area (Å²) >= 11 is 0. The fourth-order valence-corrected chi connectivity index (χ4v) is 11.9. The van der Waals surface area contributed by atoms with Crippen LogP contribution < -0.4 is 0 Å². The Bertz CT molecular complexity index is 4590. The topological polar surface area (TPSA) is 71.3 Å². The Balaban J connectivity index is 0.967. The maximum atomic E-state index is 5.43. The summed E-state index contributed by atoms with van der Waals surface area (Å²) in [6, 6.07) is 86.6. The van der Waals surface area contributed by atoms with Gasteiger partial charge >= 0.3 is 0 Å². The van der Waals surface area contributed by atoms with Crippen molar-refractivity contribution in [2.24, 2.45) is 0 Å². The van der Waals surface area contributed by atoms with E-state index in [1.807, 2.05) is 48.8 Å². The monoisotopic (exact) mass is 970 g/mol. The molecule has 0 fully saturated rings. The molecule has 0 saturated carbocycles. The average molecular weight is 971 g/mol. The molecule has 9 aromatic carbocycles. The van der Waals surface area contributed by atoms with Gasteiger partial charge in [0, 0.05) is 84.2 Å². The summed E-state index contributed by atoms with van der Waals surface area (Å²) in [4.78, 5) is 20.3. The van der Waals surface area contributed by atoms with Crippen LogP contribution in [0.15, 0.2) is 255 Å². The van der Waals surface area contributed by atoms with Crippen LogP contribution in [-0.4, -0.2) is 38.2 Å². The molecule has 0 radical (unpaired) electrons. The summed E-state index contributed by atoms with van der Waals surface area (Å²) in [5, 5.41) is 6.89. The smallest absolute Gasteiger partial charge is 0.160 e. The first kappa shape index (κ1) is 42.1. The molecule has 0 bridgehead atoms. The lowest BCUT2D eigenvalue weighted by molar-refractivity contribution is 1.12. The molecule has 0 aliphatic carbocycles. The first-order valence-corrected chi connectivity index (χ1v) is 25.6. The molecule has 354 valence electrons. The van der Waals surface area contributed by atoms with E-state index in [2.05, 4.69) is 225 Å². The van der Waals surface area contributed by atoms with Gasteiger partial charge in [-0.25, -0.2) is 9.97 Å². The first-order chi connectivity index (χ1) is 37.7. The van der Waals surface area contributed by atoms with Crippen molar-refractivity contribution in [1.82, 2.24) is 38.2 Å². The van der Waals surface area contributed by atoms with Gasteiger partial charge < -0.3 is 18.3 Å². The Morgan fingerprint density at radius 3 is 1.12 bits per heavy atom. The van der Waals surface area contributed by atoms with Crippen molar-refractivity contribution in [3.63, 3.8) is 0 Å². The van der Waals surface area contributed by atoms with Gasteiger partial charge in [-0.15, -0.1) is 0 Å². The lowest BCUT2D eigenvalue weighted by atomic mass is 10.0. The number of nitrogens with zero attached hydrogens (tertiary/aromatic N) is 8. The van der Waals surface area contributed by atoms with Crippen LogP contribution in [0.1, 0.15) is 0 Å². The Hall–Kier alpha value is -10.4. The highest BCUT2D eigenvalue weighted by atomic mass is 15.0. The summed E-state index contributed by atoms with van der Waals surface area (Å²) in [6.07, 6.45) is 3.76.